The fraction of sp³-hybridized carbons (Fsp3) is 0.444. The minimum absolute atomic E-state index is 0.251. The van der Waals surface area contributed by atoms with Crippen LogP contribution in [0.4, 0.5) is 0 Å². The van der Waals surface area contributed by atoms with Crippen LogP contribution in [0.1, 0.15) is 25.7 Å². The second-order valence-electron chi connectivity index (χ2n) is 6.41. The molecule has 102 valence electrons. The molecule has 2 heteroatoms. The van der Waals surface area contributed by atoms with Gasteiger partial charge in [0.1, 0.15) is 11.9 Å². The maximum atomic E-state index is 6.37. The SMILES string of the molecule is C1=CC2OC3=C(CCC4NC5=C(C=CCC5)C34)C2C=C1. The fourth-order valence-corrected chi connectivity index (χ4v) is 4.49. The summed E-state index contributed by atoms with van der Waals surface area (Å²) in [4.78, 5) is 0. The highest BCUT2D eigenvalue weighted by molar-refractivity contribution is 5.46. The van der Waals surface area contributed by atoms with E-state index in [0.717, 1.165) is 0 Å². The highest BCUT2D eigenvalue weighted by atomic mass is 16.5. The van der Waals surface area contributed by atoms with E-state index in [9.17, 15) is 0 Å². The van der Waals surface area contributed by atoms with Crippen molar-refractivity contribution in [2.75, 3.05) is 0 Å². The van der Waals surface area contributed by atoms with Gasteiger partial charge in [0.2, 0.25) is 0 Å². The summed E-state index contributed by atoms with van der Waals surface area (Å²) in [5.74, 6) is 2.25. The van der Waals surface area contributed by atoms with Gasteiger partial charge in [-0.05, 0) is 42.9 Å². The lowest BCUT2D eigenvalue weighted by Gasteiger charge is -2.28. The molecular weight excluding hydrogens is 246 g/mol. The number of nitrogens with one attached hydrogen (secondary N) is 1. The first kappa shape index (κ1) is 11.0. The summed E-state index contributed by atoms with van der Waals surface area (Å²) < 4.78 is 6.37. The van der Waals surface area contributed by atoms with Gasteiger partial charge in [0.05, 0.1) is 5.92 Å². The monoisotopic (exact) mass is 265 g/mol. The molecule has 0 radical (unpaired) electrons. The van der Waals surface area contributed by atoms with E-state index in [4.69, 9.17) is 4.74 Å². The summed E-state index contributed by atoms with van der Waals surface area (Å²) in [7, 11) is 0. The Bertz CT molecular complexity index is 619. The van der Waals surface area contributed by atoms with Crippen molar-refractivity contribution in [3.8, 4) is 0 Å². The first-order valence-electron chi connectivity index (χ1n) is 7.82. The highest BCUT2D eigenvalue weighted by Crippen LogP contribution is 2.50. The molecule has 2 aliphatic heterocycles. The summed E-state index contributed by atoms with van der Waals surface area (Å²) in [5, 5.41) is 3.77. The third-order valence-electron chi connectivity index (χ3n) is 5.38. The number of fused-ring (bicyclic) bond motifs is 5. The fourth-order valence-electron chi connectivity index (χ4n) is 4.49. The van der Waals surface area contributed by atoms with E-state index < -0.39 is 0 Å². The molecule has 1 N–H and O–H groups in total. The molecule has 20 heavy (non-hydrogen) atoms. The lowest BCUT2D eigenvalue weighted by Crippen LogP contribution is -2.33. The molecule has 2 heterocycles. The van der Waals surface area contributed by atoms with Crippen LogP contribution in [0, 0.1) is 11.8 Å². The van der Waals surface area contributed by atoms with Crippen LogP contribution in [0.5, 0.6) is 0 Å². The Balaban J connectivity index is 1.59. The third-order valence-corrected chi connectivity index (χ3v) is 5.38. The van der Waals surface area contributed by atoms with E-state index in [-0.39, 0.29) is 6.10 Å². The van der Waals surface area contributed by atoms with Crippen molar-refractivity contribution in [1.82, 2.24) is 5.32 Å². The summed E-state index contributed by atoms with van der Waals surface area (Å²) in [6.45, 7) is 0. The molecule has 3 aliphatic carbocycles. The molecule has 2 nitrogen and oxygen atoms in total. The predicted molar refractivity (Wildman–Crippen MR) is 78.7 cm³/mol. The largest absolute Gasteiger partial charge is 0.489 e. The van der Waals surface area contributed by atoms with Crippen LogP contribution in [0.3, 0.4) is 0 Å². The number of allylic oxidation sites excluding steroid dienone is 5. The van der Waals surface area contributed by atoms with Crippen LogP contribution in [0.15, 0.2) is 59.1 Å². The minimum atomic E-state index is 0.251. The smallest absolute Gasteiger partial charge is 0.127 e. The standard InChI is InChI=1S/C18H19NO/c1-3-7-14-13(6-1)17-15(19-14)10-9-12-11-5-2-4-8-16(11)20-18(12)17/h1-2,4-6,8,11,15-17,19H,3,7,9-10H2. The van der Waals surface area contributed by atoms with Crippen LogP contribution in [-0.2, 0) is 4.74 Å². The van der Waals surface area contributed by atoms with E-state index in [0.29, 0.717) is 17.9 Å². The Morgan fingerprint density at radius 3 is 3.10 bits per heavy atom. The molecule has 5 rings (SSSR count). The van der Waals surface area contributed by atoms with Gasteiger partial charge in [-0.1, -0.05) is 30.4 Å². The maximum Gasteiger partial charge on any atom is 0.127 e. The summed E-state index contributed by atoms with van der Waals surface area (Å²) in [6.07, 6.45) is 18.5. The van der Waals surface area contributed by atoms with Gasteiger partial charge < -0.3 is 10.1 Å². The van der Waals surface area contributed by atoms with Gasteiger partial charge in [0.25, 0.3) is 0 Å². The molecule has 0 amide bonds. The van der Waals surface area contributed by atoms with Crippen molar-refractivity contribution in [3.63, 3.8) is 0 Å². The number of hydrogen-bond acceptors (Lipinski definition) is 2. The van der Waals surface area contributed by atoms with Crippen LogP contribution in [-0.4, -0.2) is 12.1 Å². The van der Waals surface area contributed by atoms with Crippen molar-refractivity contribution < 1.29 is 4.74 Å². The zero-order valence-electron chi connectivity index (χ0n) is 11.5. The minimum Gasteiger partial charge on any atom is -0.489 e. The topological polar surface area (TPSA) is 21.3 Å². The molecular formula is C18H19NO. The van der Waals surface area contributed by atoms with Gasteiger partial charge >= 0.3 is 0 Å². The zero-order chi connectivity index (χ0) is 13.1. The van der Waals surface area contributed by atoms with E-state index in [1.54, 1.807) is 5.57 Å². The Morgan fingerprint density at radius 1 is 1.15 bits per heavy atom. The van der Waals surface area contributed by atoms with Gasteiger partial charge in [-0.3, -0.25) is 0 Å². The first-order valence-corrected chi connectivity index (χ1v) is 7.82. The summed E-state index contributed by atoms with van der Waals surface area (Å²) in [5.41, 5.74) is 4.53. The average molecular weight is 265 g/mol. The second kappa shape index (κ2) is 3.91. The van der Waals surface area contributed by atoms with E-state index in [1.165, 1.54) is 42.7 Å². The predicted octanol–water partition coefficient (Wildman–Crippen LogP) is 3.37. The van der Waals surface area contributed by atoms with E-state index in [2.05, 4.69) is 41.8 Å². The van der Waals surface area contributed by atoms with Crippen molar-refractivity contribution in [3.05, 3.63) is 59.1 Å². The van der Waals surface area contributed by atoms with Crippen LogP contribution in [0.2, 0.25) is 0 Å². The van der Waals surface area contributed by atoms with Crippen LogP contribution in [0.25, 0.3) is 0 Å². The molecule has 0 aromatic carbocycles. The third kappa shape index (κ3) is 1.34. The maximum absolute atomic E-state index is 6.37. The first-order chi connectivity index (χ1) is 9.92. The van der Waals surface area contributed by atoms with Gasteiger partial charge in [0, 0.05) is 17.7 Å². The van der Waals surface area contributed by atoms with Crippen LogP contribution < -0.4 is 5.32 Å². The molecule has 4 unspecified atom stereocenters. The Kier molecular flexibility index (Phi) is 2.15. The normalized spacial score (nSPS) is 40.0. The van der Waals surface area contributed by atoms with E-state index in [1.807, 2.05) is 0 Å². The van der Waals surface area contributed by atoms with Crippen LogP contribution >= 0.6 is 0 Å². The van der Waals surface area contributed by atoms with Crippen molar-refractivity contribution in [2.24, 2.45) is 11.8 Å². The lowest BCUT2D eigenvalue weighted by atomic mass is 9.77. The molecule has 0 spiro atoms. The average Bonchev–Trinajstić information content (AvgIpc) is 3.04. The highest BCUT2D eigenvalue weighted by Gasteiger charge is 2.47. The molecule has 0 saturated heterocycles. The number of hydrogen-bond donors (Lipinski definition) is 1. The molecule has 0 aromatic rings. The van der Waals surface area contributed by atoms with Crippen molar-refractivity contribution in [1.29, 1.82) is 0 Å². The number of rotatable bonds is 0. The summed E-state index contributed by atoms with van der Waals surface area (Å²) in [6, 6.07) is 0.564. The Labute approximate surface area is 119 Å². The molecule has 0 saturated carbocycles. The summed E-state index contributed by atoms with van der Waals surface area (Å²) >= 11 is 0. The van der Waals surface area contributed by atoms with Gasteiger partial charge in [-0.15, -0.1) is 0 Å². The molecule has 0 aromatic heterocycles. The molecule has 5 aliphatic rings. The molecule has 4 atom stereocenters. The second-order valence-corrected chi connectivity index (χ2v) is 6.41. The number of ether oxygens (including phenoxy) is 1. The quantitative estimate of drug-likeness (QED) is 0.725. The molecule has 0 bridgehead atoms. The zero-order valence-corrected chi connectivity index (χ0v) is 11.5. The van der Waals surface area contributed by atoms with E-state index >= 15 is 0 Å². The molecule has 0 fully saturated rings. The lowest BCUT2D eigenvalue weighted by molar-refractivity contribution is 0.140. The van der Waals surface area contributed by atoms with Gasteiger partial charge in [0.15, 0.2) is 0 Å². The van der Waals surface area contributed by atoms with Crippen molar-refractivity contribution in [2.45, 2.75) is 37.8 Å². The van der Waals surface area contributed by atoms with Gasteiger partial charge in [-0.2, -0.15) is 0 Å². The Morgan fingerprint density at radius 2 is 2.10 bits per heavy atom. The Hall–Kier alpha value is -1.70. The van der Waals surface area contributed by atoms with Crippen molar-refractivity contribution >= 4 is 0 Å². The van der Waals surface area contributed by atoms with Gasteiger partial charge in [-0.25, -0.2) is 0 Å².